The molecule has 2 aromatic rings. The Morgan fingerprint density at radius 2 is 1.81 bits per heavy atom. The van der Waals surface area contributed by atoms with Crippen molar-refractivity contribution < 1.29 is 13.2 Å². The van der Waals surface area contributed by atoms with Crippen molar-refractivity contribution in [2.24, 2.45) is 5.73 Å². The van der Waals surface area contributed by atoms with Crippen LogP contribution in [0, 0.1) is 13.8 Å². The van der Waals surface area contributed by atoms with Gasteiger partial charge in [-0.1, -0.05) is 18.2 Å². The molecule has 2 aromatic carbocycles. The van der Waals surface area contributed by atoms with Crippen molar-refractivity contribution in [2.45, 2.75) is 18.7 Å². The summed E-state index contributed by atoms with van der Waals surface area (Å²) in [7, 11) is -3.76. The fourth-order valence-corrected chi connectivity index (χ4v) is 3.03. The van der Waals surface area contributed by atoms with Gasteiger partial charge in [0.05, 0.1) is 4.90 Å². The summed E-state index contributed by atoms with van der Waals surface area (Å²) in [5.41, 5.74) is 7.49. The lowest BCUT2D eigenvalue weighted by molar-refractivity contribution is 0.0999. The molecule has 0 aliphatic carbocycles. The van der Waals surface area contributed by atoms with Crippen molar-refractivity contribution in [3.05, 3.63) is 59.2 Å². The van der Waals surface area contributed by atoms with E-state index in [0.29, 0.717) is 11.3 Å². The van der Waals surface area contributed by atoms with Gasteiger partial charge in [-0.25, -0.2) is 8.42 Å². The SMILES string of the molecule is Cc1cccc(NS(=O)(=O)c2ccc(C)c(C(N)=O)c2)c1. The number of carbonyl (C=O) groups excluding carboxylic acids is 1. The van der Waals surface area contributed by atoms with Crippen molar-refractivity contribution in [1.82, 2.24) is 0 Å². The number of carbonyl (C=O) groups is 1. The summed E-state index contributed by atoms with van der Waals surface area (Å²) in [4.78, 5) is 11.3. The van der Waals surface area contributed by atoms with Crippen molar-refractivity contribution in [3.8, 4) is 0 Å². The Balaban J connectivity index is 2.40. The third-order valence-electron chi connectivity index (χ3n) is 3.06. The smallest absolute Gasteiger partial charge is 0.261 e. The maximum Gasteiger partial charge on any atom is 0.261 e. The number of rotatable bonds is 4. The highest BCUT2D eigenvalue weighted by Gasteiger charge is 2.17. The topological polar surface area (TPSA) is 89.3 Å². The third-order valence-corrected chi connectivity index (χ3v) is 4.43. The number of nitrogens with one attached hydrogen (secondary N) is 1. The molecule has 110 valence electrons. The molecular weight excluding hydrogens is 288 g/mol. The van der Waals surface area contributed by atoms with E-state index in [-0.39, 0.29) is 10.5 Å². The third kappa shape index (κ3) is 3.41. The van der Waals surface area contributed by atoms with Gasteiger partial charge in [-0.05, 0) is 49.2 Å². The lowest BCUT2D eigenvalue weighted by Crippen LogP contribution is -2.17. The summed E-state index contributed by atoms with van der Waals surface area (Å²) in [5.74, 6) is -0.653. The second-order valence-electron chi connectivity index (χ2n) is 4.82. The van der Waals surface area contributed by atoms with Crippen LogP contribution in [0.4, 0.5) is 5.69 Å². The van der Waals surface area contributed by atoms with E-state index in [1.165, 1.54) is 12.1 Å². The summed E-state index contributed by atoms with van der Waals surface area (Å²) in [6.07, 6.45) is 0. The highest BCUT2D eigenvalue weighted by atomic mass is 32.2. The molecule has 0 radical (unpaired) electrons. The van der Waals surface area contributed by atoms with Gasteiger partial charge < -0.3 is 5.73 Å². The van der Waals surface area contributed by atoms with Gasteiger partial charge in [0.2, 0.25) is 5.91 Å². The molecule has 2 rings (SSSR count). The van der Waals surface area contributed by atoms with Gasteiger partial charge in [0, 0.05) is 11.3 Å². The molecule has 0 saturated heterocycles. The molecule has 0 heterocycles. The molecule has 0 bridgehead atoms. The number of nitrogens with two attached hydrogens (primary N) is 1. The van der Waals surface area contributed by atoms with Crippen molar-refractivity contribution >= 4 is 21.6 Å². The van der Waals surface area contributed by atoms with Gasteiger partial charge in [-0.2, -0.15) is 0 Å². The fourth-order valence-electron chi connectivity index (χ4n) is 1.96. The minimum absolute atomic E-state index is 0.00315. The molecule has 1 amide bonds. The summed E-state index contributed by atoms with van der Waals surface area (Å²) < 4.78 is 27.2. The van der Waals surface area contributed by atoms with Crippen molar-refractivity contribution in [2.75, 3.05) is 4.72 Å². The average molecular weight is 304 g/mol. The number of amides is 1. The zero-order valence-corrected chi connectivity index (χ0v) is 12.6. The fraction of sp³-hybridized carbons (Fsp3) is 0.133. The van der Waals surface area contributed by atoms with Crippen LogP contribution in [0.25, 0.3) is 0 Å². The van der Waals surface area contributed by atoms with E-state index in [2.05, 4.69) is 4.72 Å². The van der Waals surface area contributed by atoms with E-state index in [0.717, 1.165) is 5.56 Å². The van der Waals surface area contributed by atoms with Crippen LogP contribution < -0.4 is 10.5 Å². The molecule has 3 N–H and O–H groups in total. The molecule has 0 fully saturated rings. The van der Waals surface area contributed by atoms with Crippen LogP contribution in [0.15, 0.2) is 47.4 Å². The predicted molar refractivity (Wildman–Crippen MR) is 81.7 cm³/mol. The molecule has 21 heavy (non-hydrogen) atoms. The van der Waals surface area contributed by atoms with Crippen LogP contribution in [0.2, 0.25) is 0 Å². The van der Waals surface area contributed by atoms with Crippen LogP contribution in [0.5, 0.6) is 0 Å². The number of anilines is 1. The molecule has 0 aliphatic rings. The maximum atomic E-state index is 12.3. The molecule has 0 aliphatic heterocycles. The summed E-state index contributed by atoms with van der Waals surface area (Å²) in [6.45, 7) is 3.57. The Kier molecular flexibility index (Phi) is 3.99. The minimum Gasteiger partial charge on any atom is -0.366 e. The zero-order chi connectivity index (χ0) is 15.6. The van der Waals surface area contributed by atoms with Gasteiger partial charge in [0.1, 0.15) is 0 Å². The van der Waals surface area contributed by atoms with Crippen LogP contribution in [0.3, 0.4) is 0 Å². The Bertz CT molecular complexity index is 798. The molecule has 5 nitrogen and oxygen atoms in total. The number of aryl methyl sites for hydroxylation is 2. The molecule has 0 spiro atoms. The van der Waals surface area contributed by atoms with E-state index in [1.807, 2.05) is 13.0 Å². The highest BCUT2D eigenvalue weighted by molar-refractivity contribution is 7.92. The largest absolute Gasteiger partial charge is 0.366 e. The number of hydrogen-bond donors (Lipinski definition) is 2. The zero-order valence-electron chi connectivity index (χ0n) is 11.8. The van der Waals surface area contributed by atoms with E-state index in [9.17, 15) is 13.2 Å². The monoisotopic (exact) mass is 304 g/mol. The lowest BCUT2D eigenvalue weighted by Gasteiger charge is -2.10. The van der Waals surface area contributed by atoms with Crippen molar-refractivity contribution in [1.29, 1.82) is 0 Å². The number of benzene rings is 2. The second kappa shape index (κ2) is 5.57. The summed E-state index contributed by atoms with van der Waals surface area (Å²) >= 11 is 0. The Labute approximate surface area is 123 Å². The normalized spacial score (nSPS) is 11.1. The number of hydrogen-bond acceptors (Lipinski definition) is 3. The Morgan fingerprint density at radius 3 is 2.43 bits per heavy atom. The lowest BCUT2D eigenvalue weighted by atomic mass is 10.1. The van der Waals surface area contributed by atoms with Gasteiger partial charge in [-0.3, -0.25) is 9.52 Å². The van der Waals surface area contributed by atoms with Crippen molar-refractivity contribution in [3.63, 3.8) is 0 Å². The van der Waals surface area contributed by atoms with E-state index < -0.39 is 15.9 Å². The van der Waals surface area contributed by atoms with Gasteiger partial charge >= 0.3 is 0 Å². The van der Waals surface area contributed by atoms with Gasteiger partial charge in [-0.15, -0.1) is 0 Å². The maximum absolute atomic E-state index is 12.3. The minimum atomic E-state index is -3.76. The van der Waals surface area contributed by atoms with Crippen LogP contribution >= 0.6 is 0 Å². The highest BCUT2D eigenvalue weighted by Crippen LogP contribution is 2.19. The molecule has 0 aromatic heterocycles. The first-order valence-corrected chi connectivity index (χ1v) is 7.78. The Hall–Kier alpha value is -2.34. The molecule has 0 atom stereocenters. The summed E-state index contributed by atoms with van der Waals surface area (Å²) in [5, 5.41) is 0. The molecular formula is C15H16N2O3S. The van der Waals surface area contributed by atoms with E-state index >= 15 is 0 Å². The first kappa shape index (κ1) is 15.1. The quantitative estimate of drug-likeness (QED) is 0.907. The number of sulfonamides is 1. The average Bonchev–Trinajstić information content (AvgIpc) is 2.38. The first-order valence-electron chi connectivity index (χ1n) is 6.29. The number of primary amides is 1. The second-order valence-corrected chi connectivity index (χ2v) is 6.50. The van der Waals surface area contributed by atoms with Crippen LogP contribution in [-0.4, -0.2) is 14.3 Å². The van der Waals surface area contributed by atoms with E-state index in [4.69, 9.17) is 5.73 Å². The molecule has 0 unspecified atom stereocenters. The molecule has 0 saturated carbocycles. The van der Waals surface area contributed by atoms with Crippen LogP contribution in [-0.2, 0) is 10.0 Å². The Morgan fingerprint density at radius 1 is 1.10 bits per heavy atom. The standard InChI is InChI=1S/C15H16N2O3S/c1-10-4-3-5-12(8-10)17-21(19,20)13-7-6-11(2)14(9-13)15(16)18/h3-9,17H,1-2H3,(H2,16,18). The first-order chi connectivity index (χ1) is 9.79. The predicted octanol–water partition coefficient (Wildman–Crippen LogP) is 2.20. The summed E-state index contributed by atoms with van der Waals surface area (Å²) in [6, 6.07) is 11.3. The van der Waals surface area contributed by atoms with E-state index in [1.54, 1.807) is 31.2 Å². The van der Waals surface area contributed by atoms with Crippen LogP contribution in [0.1, 0.15) is 21.5 Å². The van der Waals surface area contributed by atoms with Gasteiger partial charge in [0.25, 0.3) is 10.0 Å². The van der Waals surface area contributed by atoms with Gasteiger partial charge in [0.15, 0.2) is 0 Å². The molecule has 6 heteroatoms.